The smallest absolute Gasteiger partial charge is 0.257 e. The average Bonchev–Trinajstić information content (AvgIpc) is 2.39. The molecule has 1 amide bonds. The SMILES string of the molecule is O=C(c1cncnc1)N1CCCCC1CBr. The van der Waals surface area contributed by atoms with Crippen LogP contribution in [0.2, 0.25) is 0 Å². The monoisotopic (exact) mass is 283 g/mol. The molecule has 86 valence electrons. The fourth-order valence-electron chi connectivity index (χ4n) is 2.00. The van der Waals surface area contributed by atoms with Crippen LogP contribution in [0.15, 0.2) is 18.7 Å². The number of amides is 1. The standard InChI is InChI=1S/C11H14BrN3O/c12-5-10-3-1-2-4-15(10)11(16)9-6-13-8-14-7-9/h6-8,10H,1-5H2. The van der Waals surface area contributed by atoms with Crippen LogP contribution in [0, 0.1) is 0 Å². The number of rotatable bonds is 2. The summed E-state index contributed by atoms with van der Waals surface area (Å²) in [6, 6.07) is 0.307. The van der Waals surface area contributed by atoms with Gasteiger partial charge in [0.25, 0.3) is 5.91 Å². The highest BCUT2D eigenvalue weighted by Crippen LogP contribution is 2.20. The van der Waals surface area contributed by atoms with Crippen LogP contribution in [0.5, 0.6) is 0 Å². The fraction of sp³-hybridized carbons (Fsp3) is 0.545. The molecule has 1 aromatic rings. The van der Waals surface area contributed by atoms with Crippen molar-refractivity contribution in [2.45, 2.75) is 25.3 Å². The van der Waals surface area contributed by atoms with Gasteiger partial charge in [-0.05, 0) is 19.3 Å². The van der Waals surface area contributed by atoms with Crippen molar-refractivity contribution < 1.29 is 4.79 Å². The summed E-state index contributed by atoms with van der Waals surface area (Å²) in [5.41, 5.74) is 0.579. The number of hydrogen-bond acceptors (Lipinski definition) is 3. The number of carbonyl (C=O) groups excluding carboxylic acids is 1. The summed E-state index contributed by atoms with van der Waals surface area (Å²) >= 11 is 3.47. The van der Waals surface area contributed by atoms with Crippen molar-refractivity contribution >= 4 is 21.8 Å². The normalized spacial score (nSPS) is 20.8. The van der Waals surface area contributed by atoms with Gasteiger partial charge < -0.3 is 4.90 Å². The predicted molar refractivity (Wildman–Crippen MR) is 64.5 cm³/mol. The Balaban J connectivity index is 2.14. The Morgan fingerprint density at radius 3 is 2.88 bits per heavy atom. The fourth-order valence-corrected chi connectivity index (χ4v) is 2.68. The molecule has 16 heavy (non-hydrogen) atoms. The molecule has 0 saturated carbocycles. The summed E-state index contributed by atoms with van der Waals surface area (Å²) in [7, 11) is 0. The quantitative estimate of drug-likeness (QED) is 0.779. The number of likely N-dealkylation sites (tertiary alicyclic amines) is 1. The van der Waals surface area contributed by atoms with Gasteiger partial charge in [0.15, 0.2) is 0 Å². The highest BCUT2D eigenvalue weighted by atomic mass is 79.9. The van der Waals surface area contributed by atoms with E-state index in [4.69, 9.17) is 0 Å². The lowest BCUT2D eigenvalue weighted by Gasteiger charge is -2.34. The zero-order valence-corrected chi connectivity index (χ0v) is 10.6. The third-order valence-electron chi connectivity index (χ3n) is 2.87. The van der Waals surface area contributed by atoms with E-state index in [1.165, 1.54) is 12.7 Å². The van der Waals surface area contributed by atoms with E-state index in [0.717, 1.165) is 24.7 Å². The molecule has 1 saturated heterocycles. The molecule has 2 heterocycles. The number of halogens is 1. The Hall–Kier alpha value is -0.970. The molecular weight excluding hydrogens is 270 g/mol. The maximum Gasteiger partial charge on any atom is 0.257 e. The van der Waals surface area contributed by atoms with Gasteiger partial charge in [0.1, 0.15) is 6.33 Å². The highest BCUT2D eigenvalue weighted by molar-refractivity contribution is 9.09. The van der Waals surface area contributed by atoms with Gasteiger partial charge in [-0.15, -0.1) is 0 Å². The Morgan fingerprint density at radius 2 is 2.19 bits per heavy atom. The molecule has 0 radical (unpaired) electrons. The second-order valence-corrected chi connectivity index (χ2v) is 4.58. The Bertz CT molecular complexity index is 358. The molecule has 1 aromatic heterocycles. The third kappa shape index (κ3) is 2.40. The summed E-state index contributed by atoms with van der Waals surface area (Å²) in [5, 5.41) is 0.840. The van der Waals surface area contributed by atoms with E-state index in [1.54, 1.807) is 12.4 Å². The van der Waals surface area contributed by atoms with Gasteiger partial charge in [-0.25, -0.2) is 9.97 Å². The van der Waals surface area contributed by atoms with Crippen molar-refractivity contribution in [3.05, 3.63) is 24.3 Å². The number of carbonyl (C=O) groups is 1. The van der Waals surface area contributed by atoms with E-state index in [0.29, 0.717) is 11.6 Å². The molecule has 0 N–H and O–H groups in total. The van der Waals surface area contributed by atoms with Crippen molar-refractivity contribution in [2.24, 2.45) is 0 Å². The summed E-state index contributed by atoms with van der Waals surface area (Å²) < 4.78 is 0. The first kappa shape index (κ1) is 11.5. The highest BCUT2D eigenvalue weighted by Gasteiger charge is 2.26. The zero-order valence-electron chi connectivity index (χ0n) is 8.97. The van der Waals surface area contributed by atoms with Crippen LogP contribution in [0.1, 0.15) is 29.6 Å². The molecule has 2 rings (SSSR count). The molecule has 1 aliphatic rings. The molecule has 0 bridgehead atoms. The van der Waals surface area contributed by atoms with Gasteiger partial charge in [0.2, 0.25) is 0 Å². The minimum atomic E-state index is 0.0461. The first-order valence-corrected chi connectivity index (χ1v) is 6.57. The van der Waals surface area contributed by atoms with Gasteiger partial charge in [-0.1, -0.05) is 15.9 Å². The molecule has 0 aromatic carbocycles. The van der Waals surface area contributed by atoms with E-state index in [9.17, 15) is 4.79 Å². The van der Waals surface area contributed by atoms with Gasteiger partial charge in [-0.2, -0.15) is 0 Å². The maximum atomic E-state index is 12.2. The molecule has 4 nitrogen and oxygen atoms in total. The summed E-state index contributed by atoms with van der Waals surface area (Å²) in [5.74, 6) is 0.0461. The predicted octanol–water partition coefficient (Wildman–Crippen LogP) is 1.87. The first-order chi connectivity index (χ1) is 7.83. The lowest BCUT2D eigenvalue weighted by atomic mass is 10.0. The van der Waals surface area contributed by atoms with Crippen molar-refractivity contribution in [1.29, 1.82) is 0 Å². The lowest BCUT2D eigenvalue weighted by molar-refractivity contribution is 0.0641. The second kappa shape index (κ2) is 5.39. The third-order valence-corrected chi connectivity index (χ3v) is 3.62. The minimum absolute atomic E-state index is 0.0461. The van der Waals surface area contributed by atoms with Crippen molar-refractivity contribution in [1.82, 2.24) is 14.9 Å². The van der Waals surface area contributed by atoms with Crippen LogP contribution in [0.3, 0.4) is 0 Å². The van der Waals surface area contributed by atoms with Crippen LogP contribution in [0.4, 0.5) is 0 Å². The van der Waals surface area contributed by atoms with E-state index in [1.807, 2.05) is 4.90 Å². The Morgan fingerprint density at radius 1 is 1.44 bits per heavy atom. The van der Waals surface area contributed by atoms with Gasteiger partial charge >= 0.3 is 0 Å². The van der Waals surface area contributed by atoms with Crippen LogP contribution in [0.25, 0.3) is 0 Å². The second-order valence-electron chi connectivity index (χ2n) is 3.93. The van der Waals surface area contributed by atoms with Gasteiger partial charge in [0, 0.05) is 30.3 Å². The Kier molecular flexibility index (Phi) is 3.88. The van der Waals surface area contributed by atoms with Gasteiger partial charge in [-0.3, -0.25) is 4.79 Å². The number of piperidine rings is 1. The summed E-state index contributed by atoms with van der Waals surface area (Å²) in [6.07, 6.45) is 7.96. The van der Waals surface area contributed by atoms with Gasteiger partial charge in [0.05, 0.1) is 5.56 Å². The summed E-state index contributed by atoms with van der Waals surface area (Å²) in [6.45, 7) is 0.837. The minimum Gasteiger partial charge on any atom is -0.335 e. The largest absolute Gasteiger partial charge is 0.335 e. The van der Waals surface area contributed by atoms with E-state index in [-0.39, 0.29) is 5.91 Å². The number of hydrogen-bond donors (Lipinski definition) is 0. The van der Waals surface area contributed by atoms with E-state index in [2.05, 4.69) is 25.9 Å². The Labute approximate surface area is 103 Å². The van der Waals surface area contributed by atoms with Crippen molar-refractivity contribution in [2.75, 3.05) is 11.9 Å². The van der Waals surface area contributed by atoms with Crippen LogP contribution < -0.4 is 0 Å². The molecule has 1 atom stereocenters. The zero-order chi connectivity index (χ0) is 11.4. The average molecular weight is 284 g/mol. The number of nitrogens with zero attached hydrogens (tertiary/aromatic N) is 3. The first-order valence-electron chi connectivity index (χ1n) is 5.45. The van der Waals surface area contributed by atoms with Crippen LogP contribution >= 0.6 is 15.9 Å². The molecule has 1 unspecified atom stereocenters. The summed E-state index contributed by atoms with van der Waals surface area (Å²) in [4.78, 5) is 21.9. The van der Waals surface area contributed by atoms with Crippen molar-refractivity contribution in [3.8, 4) is 0 Å². The van der Waals surface area contributed by atoms with E-state index >= 15 is 0 Å². The van der Waals surface area contributed by atoms with Crippen LogP contribution in [-0.2, 0) is 0 Å². The lowest BCUT2D eigenvalue weighted by Crippen LogP contribution is -2.44. The molecule has 5 heteroatoms. The van der Waals surface area contributed by atoms with Crippen molar-refractivity contribution in [3.63, 3.8) is 0 Å². The van der Waals surface area contributed by atoms with Crippen LogP contribution in [-0.4, -0.2) is 38.7 Å². The molecule has 0 aliphatic carbocycles. The molecule has 0 spiro atoms. The molecule has 1 aliphatic heterocycles. The number of alkyl halides is 1. The van der Waals surface area contributed by atoms with E-state index < -0.39 is 0 Å². The maximum absolute atomic E-state index is 12.2. The molecular formula is C11H14BrN3O. The topological polar surface area (TPSA) is 46.1 Å². The molecule has 1 fully saturated rings. The number of aromatic nitrogens is 2.